The van der Waals surface area contributed by atoms with E-state index in [2.05, 4.69) is 20.4 Å². The normalized spacial score (nSPS) is 11.7. The highest BCUT2D eigenvalue weighted by Gasteiger charge is 2.29. The van der Waals surface area contributed by atoms with Gasteiger partial charge in [-0.15, -0.1) is 0 Å². The molecule has 0 aliphatic rings. The molecule has 2 aromatic carbocycles. The molecule has 0 aliphatic carbocycles. The van der Waals surface area contributed by atoms with Gasteiger partial charge in [0.05, 0.1) is 6.04 Å². The van der Waals surface area contributed by atoms with Gasteiger partial charge < -0.3 is 32.4 Å². The van der Waals surface area contributed by atoms with Gasteiger partial charge >= 0.3 is 18.1 Å². The van der Waals surface area contributed by atoms with E-state index in [1.807, 2.05) is 0 Å². The summed E-state index contributed by atoms with van der Waals surface area (Å²) in [6.07, 6.45) is 1.15. The van der Waals surface area contributed by atoms with E-state index in [-0.39, 0.29) is 32.0 Å². The van der Waals surface area contributed by atoms with Crippen LogP contribution >= 0.6 is 0 Å². The third-order valence-electron chi connectivity index (χ3n) is 5.09. The molecule has 12 heteroatoms. The molecule has 0 bridgehead atoms. The van der Waals surface area contributed by atoms with Crippen LogP contribution in [0.15, 0.2) is 65.7 Å². The number of nitrogens with one attached hydrogen (secondary N) is 2. The Morgan fingerprint density at radius 2 is 1.57 bits per heavy atom. The van der Waals surface area contributed by atoms with Gasteiger partial charge in [-0.3, -0.25) is 19.4 Å². The molecule has 37 heavy (non-hydrogen) atoms. The average Bonchev–Trinajstić information content (AvgIpc) is 2.89. The fourth-order valence-corrected chi connectivity index (χ4v) is 3.27. The van der Waals surface area contributed by atoms with Crippen LogP contribution in [0.2, 0.25) is 0 Å². The molecule has 0 spiro atoms. The largest absolute Gasteiger partial charge is 0.454 e. The molecule has 0 radical (unpaired) electrons. The summed E-state index contributed by atoms with van der Waals surface area (Å²) in [4.78, 5) is 56.9. The van der Waals surface area contributed by atoms with Crippen molar-refractivity contribution in [1.29, 1.82) is 0 Å². The number of ether oxygens (including phenoxy) is 1. The molecular formula is C25H29N7O5. The fraction of sp³-hybridized carbons (Fsp3) is 0.280. The van der Waals surface area contributed by atoms with Crippen LogP contribution in [0, 0.1) is 0 Å². The fourth-order valence-electron chi connectivity index (χ4n) is 3.27. The summed E-state index contributed by atoms with van der Waals surface area (Å²) in [6, 6.07) is 15.3. The van der Waals surface area contributed by atoms with Gasteiger partial charge in [-0.2, -0.15) is 4.79 Å². The summed E-state index contributed by atoms with van der Waals surface area (Å²) < 4.78 is 5.04. The first-order valence-electron chi connectivity index (χ1n) is 11.4. The molecule has 0 saturated heterocycles. The highest BCUT2D eigenvalue weighted by Crippen LogP contribution is 2.07. The van der Waals surface area contributed by atoms with Gasteiger partial charge in [0.2, 0.25) is 5.91 Å². The molecule has 0 heterocycles. The molecule has 0 unspecified atom stereocenters. The lowest BCUT2D eigenvalue weighted by Crippen LogP contribution is -2.54. The van der Waals surface area contributed by atoms with Crippen LogP contribution in [-0.2, 0) is 36.9 Å². The molecule has 0 aliphatic heterocycles. The van der Waals surface area contributed by atoms with Crippen molar-refractivity contribution in [3.8, 4) is 0 Å². The summed E-state index contributed by atoms with van der Waals surface area (Å²) in [7, 11) is 0. The first-order valence-corrected chi connectivity index (χ1v) is 11.4. The van der Waals surface area contributed by atoms with E-state index in [1.54, 1.807) is 60.7 Å². The number of rotatable bonds is 13. The second kappa shape index (κ2) is 15.2. The van der Waals surface area contributed by atoms with Crippen molar-refractivity contribution < 1.29 is 28.7 Å². The number of carbonyl (C=O) groups is 4. The summed E-state index contributed by atoms with van der Waals surface area (Å²) in [5.74, 6) is -3.78. The average molecular weight is 508 g/mol. The zero-order valence-electron chi connectivity index (χ0n) is 20.1. The Balaban J connectivity index is 2.12. The minimum atomic E-state index is -1.21. The zero-order chi connectivity index (χ0) is 27.0. The Morgan fingerprint density at radius 3 is 2.16 bits per heavy atom. The lowest BCUT2D eigenvalue weighted by atomic mass is 10.0. The second-order valence-electron chi connectivity index (χ2n) is 7.93. The summed E-state index contributed by atoms with van der Waals surface area (Å²) in [5.41, 5.74) is 20.7. The molecule has 194 valence electrons. The second-order valence-corrected chi connectivity index (χ2v) is 7.93. The molecule has 0 fully saturated rings. The molecule has 12 nitrogen and oxygen atoms in total. The highest BCUT2D eigenvalue weighted by atomic mass is 16.5. The number of guanidine groups is 1. The third-order valence-corrected chi connectivity index (χ3v) is 5.09. The van der Waals surface area contributed by atoms with E-state index in [1.165, 1.54) is 0 Å². The molecule has 0 aromatic heterocycles. The maximum Gasteiger partial charge on any atom is 0.397 e. The Morgan fingerprint density at radius 1 is 0.946 bits per heavy atom. The van der Waals surface area contributed by atoms with Crippen LogP contribution < -0.4 is 22.1 Å². The van der Waals surface area contributed by atoms with Crippen LogP contribution in [0.5, 0.6) is 0 Å². The number of esters is 1. The van der Waals surface area contributed by atoms with Gasteiger partial charge in [-0.1, -0.05) is 60.7 Å². The number of nitrogens with two attached hydrogens (primary N) is 2. The maximum atomic E-state index is 13.1. The Labute approximate surface area is 213 Å². The SMILES string of the molecule is [N-]=[N+]=CC(=O)[C@H](CCCN=C(N)N)NC(=O)[C@H](Cc1ccccc1)NC(=O)C(=O)OCc1ccccc1. The smallest absolute Gasteiger partial charge is 0.397 e. The van der Waals surface area contributed by atoms with Gasteiger partial charge in [0.15, 0.2) is 5.96 Å². The predicted octanol–water partition coefficient (Wildman–Crippen LogP) is -0.135. The van der Waals surface area contributed by atoms with E-state index >= 15 is 0 Å². The van der Waals surface area contributed by atoms with Gasteiger partial charge in [-0.05, 0) is 24.0 Å². The van der Waals surface area contributed by atoms with E-state index in [4.69, 9.17) is 21.7 Å². The van der Waals surface area contributed by atoms with Gasteiger partial charge in [-0.25, -0.2) is 4.79 Å². The van der Waals surface area contributed by atoms with Crippen molar-refractivity contribution in [2.24, 2.45) is 16.5 Å². The van der Waals surface area contributed by atoms with Gasteiger partial charge in [0.25, 0.3) is 5.78 Å². The molecule has 0 saturated carbocycles. The maximum absolute atomic E-state index is 13.1. The Bertz CT molecular complexity index is 1140. The Hall–Kier alpha value is -4.83. The molecule has 2 amide bonds. The standard InChI is InChI=1S/C25H29N7O5/c26-25(27)29-13-7-12-19(21(33)15-30-28)31-22(34)20(14-17-8-3-1-4-9-17)32-23(35)24(36)37-16-18-10-5-2-6-11-18/h1-6,8-11,15,19-20H,7,12-14,16H2,(H,31,34)(H,32,35)(H4,26,27,29)/t19-,20-/m0/s1. The summed E-state index contributed by atoms with van der Waals surface area (Å²) >= 11 is 0. The minimum absolute atomic E-state index is 0.0351. The Kier molecular flexibility index (Phi) is 11.7. The monoisotopic (exact) mass is 507 g/mol. The van der Waals surface area contributed by atoms with Crippen molar-refractivity contribution in [3.05, 3.63) is 77.3 Å². The first-order chi connectivity index (χ1) is 17.8. The van der Waals surface area contributed by atoms with Crippen molar-refractivity contribution in [2.45, 2.75) is 38.0 Å². The van der Waals surface area contributed by atoms with Crippen LogP contribution in [0.1, 0.15) is 24.0 Å². The van der Waals surface area contributed by atoms with Crippen LogP contribution in [0.25, 0.3) is 5.53 Å². The lowest BCUT2D eigenvalue weighted by Gasteiger charge is -2.21. The van der Waals surface area contributed by atoms with Crippen LogP contribution in [0.3, 0.4) is 0 Å². The zero-order valence-corrected chi connectivity index (χ0v) is 20.1. The minimum Gasteiger partial charge on any atom is -0.454 e. The number of Topliss-reactive ketones (excluding diaryl/α,β-unsaturated/α-hetero) is 1. The topological polar surface area (TPSA) is 202 Å². The molecule has 2 atom stereocenters. The van der Waals surface area contributed by atoms with Crippen molar-refractivity contribution in [3.63, 3.8) is 0 Å². The van der Waals surface area contributed by atoms with E-state index < -0.39 is 35.7 Å². The number of hydrogen-bond acceptors (Lipinski definition) is 6. The first kappa shape index (κ1) is 28.4. The lowest BCUT2D eigenvalue weighted by molar-refractivity contribution is -0.156. The number of hydrogen-bond donors (Lipinski definition) is 4. The van der Waals surface area contributed by atoms with Crippen molar-refractivity contribution in [2.75, 3.05) is 6.54 Å². The van der Waals surface area contributed by atoms with Crippen LogP contribution in [-0.4, -0.2) is 59.2 Å². The molecule has 6 N–H and O–H groups in total. The van der Waals surface area contributed by atoms with Crippen LogP contribution in [0.4, 0.5) is 0 Å². The number of aliphatic imine (C=N–C) groups is 1. The summed E-state index contributed by atoms with van der Waals surface area (Å²) in [6.45, 7) is 0.0885. The van der Waals surface area contributed by atoms with Gasteiger partial charge in [0, 0.05) is 13.0 Å². The highest BCUT2D eigenvalue weighted by molar-refractivity contribution is 6.33. The van der Waals surface area contributed by atoms with Crippen molar-refractivity contribution >= 4 is 35.7 Å². The number of carbonyl (C=O) groups excluding carboxylic acids is 4. The third kappa shape index (κ3) is 10.5. The number of amides is 2. The number of ketones is 1. The van der Waals surface area contributed by atoms with E-state index in [0.717, 1.165) is 0 Å². The van der Waals surface area contributed by atoms with E-state index in [0.29, 0.717) is 23.8 Å². The quantitative estimate of drug-likeness (QED) is 0.0549. The number of benzene rings is 2. The molecule has 2 aromatic rings. The summed E-state index contributed by atoms with van der Waals surface area (Å²) in [5, 5.41) is 4.93. The van der Waals surface area contributed by atoms with E-state index in [9.17, 15) is 19.2 Å². The molecule has 2 rings (SSSR count). The number of nitrogens with zero attached hydrogens (tertiary/aromatic N) is 3. The van der Waals surface area contributed by atoms with Crippen molar-refractivity contribution in [1.82, 2.24) is 10.6 Å². The molecular weight excluding hydrogens is 478 g/mol. The van der Waals surface area contributed by atoms with Gasteiger partial charge in [0.1, 0.15) is 12.6 Å². The predicted molar refractivity (Wildman–Crippen MR) is 135 cm³/mol.